The van der Waals surface area contributed by atoms with E-state index in [0.717, 1.165) is 30.8 Å². The third-order valence-corrected chi connectivity index (χ3v) is 4.41. The van der Waals surface area contributed by atoms with E-state index in [9.17, 15) is 0 Å². The van der Waals surface area contributed by atoms with Crippen LogP contribution in [0.5, 0.6) is 0 Å². The molecule has 0 N–H and O–H groups in total. The second kappa shape index (κ2) is 4.81. The number of hydrogen-bond donors (Lipinski definition) is 0. The first-order valence-electron chi connectivity index (χ1n) is 5.61. The molecule has 96 valence electrons. The predicted molar refractivity (Wildman–Crippen MR) is 82.8 cm³/mol. The summed E-state index contributed by atoms with van der Waals surface area (Å²) < 4.78 is 0.976. The zero-order valence-electron chi connectivity index (χ0n) is 10.2. The quantitative estimate of drug-likeness (QED) is 0.590. The van der Waals surface area contributed by atoms with Gasteiger partial charge >= 0.3 is 0 Å². The van der Waals surface area contributed by atoms with Crippen LogP contribution in [-0.2, 0) is 0 Å². The van der Waals surface area contributed by atoms with Crippen molar-refractivity contribution in [3.8, 4) is 10.7 Å². The number of fused-ring (bicyclic) bond motifs is 1. The van der Waals surface area contributed by atoms with E-state index in [2.05, 4.69) is 30.9 Å². The summed E-state index contributed by atoms with van der Waals surface area (Å²) >= 11 is 11.3. The Balaban J connectivity index is 2.30. The fourth-order valence-electron chi connectivity index (χ4n) is 1.90. The molecule has 0 atom stereocenters. The summed E-state index contributed by atoms with van der Waals surface area (Å²) in [5.74, 6) is 0.633. The van der Waals surface area contributed by atoms with Gasteiger partial charge in [0, 0.05) is 16.1 Å². The zero-order valence-corrected chi connectivity index (χ0v) is 13.4. The largest absolute Gasteiger partial charge is 0.249 e. The molecule has 0 radical (unpaired) electrons. The molecule has 0 aliphatic heterocycles. The SMILES string of the molecule is Cc1ncc(-c2nc(Cl)c3cc(Br)cc(C)c3n2)s1. The van der Waals surface area contributed by atoms with Crippen LogP contribution in [0.3, 0.4) is 0 Å². The van der Waals surface area contributed by atoms with E-state index < -0.39 is 0 Å². The molecule has 0 fully saturated rings. The Morgan fingerprint density at radius 1 is 1.21 bits per heavy atom. The first-order valence-corrected chi connectivity index (χ1v) is 7.59. The first-order chi connectivity index (χ1) is 9.04. The number of nitrogens with zero attached hydrogens (tertiary/aromatic N) is 3. The highest BCUT2D eigenvalue weighted by Crippen LogP contribution is 2.31. The summed E-state index contributed by atoms with van der Waals surface area (Å²) in [5, 5.41) is 2.32. The van der Waals surface area contributed by atoms with E-state index in [1.165, 1.54) is 0 Å². The third kappa shape index (κ3) is 2.38. The Hall–Kier alpha value is -1.04. The molecule has 1 aromatic carbocycles. The molecule has 3 rings (SSSR count). The zero-order chi connectivity index (χ0) is 13.6. The second-order valence-corrected chi connectivity index (χ2v) is 6.71. The van der Waals surface area contributed by atoms with Crippen molar-refractivity contribution < 1.29 is 0 Å². The van der Waals surface area contributed by atoms with Crippen molar-refractivity contribution >= 4 is 49.8 Å². The molecular formula is C13H9BrClN3S. The monoisotopic (exact) mass is 353 g/mol. The minimum absolute atomic E-state index is 0.468. The van der Waals surface area contributed by atoms with Crippen molar-refractivity contribution in [2.24, 2.45) is 0 Å². The molecule has 2 aromatic heterocycles. The van der Waals surface area contributed by atoms with Crippen molar-refractivity contribution in [3.63, 3.8) is 0 Å². The molecule has 0 saturated heterocycles. The van der Waals surface area contributed by atoms with Gasteiger partial charge in [0.2, 0.25) is 0 Å². The fourth-order valence-corrected chi connectivity index (χ4v) is 3.41. The normalized spacial score (nSPS) is 11.2. The summed E-state index contributed by atoms with van der Waals surface area (Å²) in [6, 6.07) is 3.96. The number of thiazole rings is 1. The summed E-state index contributed by atoms with van der Waals surface area (Å²) in [4.78, 5) is 14.1. The number of hydrogen-bond acceptors (Lipinski definition) is 4. The van der Waals surface area contributed by atoms with Crippen LogP contribution in [-0.4, -0.2) is 15.0 Å². The van der Waals surface area contributed by atoms with E-state index in [1.807, 2.05) is 26.0 Å². The van der Waals surface area contributed by atoms with Gasteiger partial charge in [-0.3, -0.25) is 0 Å². The molecule has 0 aliphatic carbocycles. The Kier molecular flexibility index (Phi) is 3.28. The van der Waals surface area contributed by atoms with E-state index in [0.29, 0.717) is 11.0 Å². The van der Waals surface area contributed by atoms with Crippen molar-refractivity contribution in [2.45, 2.75) is 13.8 Å². The van der Waals surface area contributed by atoms with Gasteiger partial charge in [0.25, 0.3) is 0 Å². The second-order valence-electron chi connectivity index (χ2n) is 4.20. The molecule has 3 nitrogen and oxygen atoms in total. The van der Waals surface area contributed by atoms with E-state index >= 15 is 0 Å². The average molecular weight is 355 g/mol. The van der Waals surface area contributed by atoms with Crippen LogP contribution in [0.25, 0.3) is 21.6 Å². The first kappa shape index (κ1) is 13.0. The Bertz CT molecular complexity index is 785. The number of rotatable bonds is 1. The fraction of sp³-hybridized carbons (Fsp3) is 0.154. The molecule has 6 heteroatoms. The lowest BCUT2D eigenvalue weighted by Crippen LogP contribution is -1.92. The van der Waals surface area contributed by atoms with Gasteiger partial charge in [-0.15, -0.1) is 11.3 Å². The predicted octanol–water partition coefficient (Wildman–Crippen LogP) is 4.79. The van der Waals surface area contributed by atoms with Crippen LogP contribution in [0.2, 0.25) is 5.15 Å². The van der Waals surface area contributed by atoms with Gasteiger partial charge in [-0.2, -0.15) is 0 Å². The number of aromatic nitrogens is 3. The molecule has 0 unspecified atom stereocenters. The van der Waals surface area contributed by atoms with Crippen molar-refractivity contribution in [1.82, 2.24) is 15.0 Å². The van der Waals surface area contributed by atoms with Gasteiger partial charge in [0.15, 0.2) is 5.82 Å². The molecule has 0 aliphatic rings. The Morgan fingerprint density at radius 3 is 2.68 bits per heavy atom. The Morgan fingerprint density at radius 2 is 2.00 bits per heavy atom. The maximum absolute atomic E-state index is 6.28. The van der Waals surface area contributed by atoms with Gasteiger partial charge in [0.05, 0.1) is 15.4 Å². The van der Waals surface area contributed by atoms with Crippen LogP contribution >= 0.6 is 38.9 Å². The van der Waals surface area contributed by atoms with Gasteiger partial charge in [0.1, 0.15) is 5.15 Å². The van der Waals surface area contributed by atoms with Crippen LogP contribution in [0.4, 0.5) is 0 Å². The maximum atomic E-state index is 6.28. The third-order valence-electron chi connectivity index (χ3n) is 2.75. The van der Waals surface area contributed by atoms with Crippen LogP contribution < -0.4 is 0 Å². The van der Waals surface area contributed by atoms with Gasteiger partial charge < -0.3 is 0 Å². The van der Waals surface area contributed by atoms with E-state index in [-0.39, 0.29) is 0 Å². The van der Waals surface area contributed by atoms with Crippen molar-refractivity contribution in [1.29, 1.82) is 0 Å². The van der Waals surface area contributed by atoms with Crippen molar-refractivity contribution in [3.05, 3.63) is 38.5 Å². The van der Waals surface area contributed by atoms with Crippen LogP contribution in [0, 0.1) is 13.8 Å². The van der Waals surface area contributed by atoms with Crippen LogP contribution in [0.15, 0.2) is 22.8 Å². The lowest BCUT2D eigenvalue weighted by Gasteiger charge is -2.06. The number of benzene rings is 1. The smallest absolute Gasteiger partial charge is 0.173 e. The molecule has 0 saturated carbocycles. The lowest BCUT2D eigenvalue weighted by atomic mass is 10.1. The summed E-state index contributed by atoms with van der Waals surface area (Å²) in [7, 11) is 0. The maximum Gasteiger partial charge on any atom is 0.173 e. The van der Waals surface area contributed by atoms with E-state index in [1.54, 1.807) is 17.5 Å². The summed E-state index contributed by atoms with van der Waals surface area (Å²) in [6.07, 6.45) is 1.78. The van der Waals surface area contributed by atoms with Crippen molar-refractivity contribution in [2.75, 3.05) is 0 Å². The lowest BCUT2D eigenvalue weighted by molar-refractivity contribution is 1.22. The molecule has 2 heterocycles. The van der Waals surface area contributed by atoms with Crippen LogP contribution in [0.1, 0.15) is 10.6 Å². The molecule has 0 bridgehead atoms. The molecule has 0 spiro atoms. The van der Waals surface area contributed by atoms with Gasteiger partial charge in [-0.05, 0) is 31.5 Å². The highest BCUT2D eigenvalue weighted by atomic mass is 79.9. The Labute approximate surface area is 127 Å². The van der Waals surface area contributed by atoms with Gasteiger partial charge in [-0.25, -0.2) is 15.0 Å². The highest BCUT2D eigenvalue weighted by molar-refractivity contribution is 9.10. The topological polar surface area (TPSA) is 38.7 Å². The summed E-state index contributed by atoms with van der Waals surface area (Å²) in [6.45, 7) is 3.97. The van der Waals surface area contributed by atoms with Gasteiger partial charge in [-0.1, -0.05) is 27.5 Å². The molecular weight excluding hydrogens is 346 g/mol. The number of halogens is 2. The molecule has 0 amide bonds. The minimum Gasteiger partial charge on any atom is -0.249 e. The molecule has 3 aromatic rings. The summed E-state index contributed by atoms with van der Waals surface area (Å²) in [5.41, 5.74) is 1.94. The van der Waals surface area contributed by atoms with E-state index in [4.69, 9.17) is 11.6 Å². The molecule has 19 heavy (non-hydrogen) atoms. The number of aryl methyl sites for hydroxylation is 2. The highest BCUT2D eigenvalue weighted by Gasteiger charge is 2.12. The standard InChI is InChI=1S/C13H9BrClN3S/c1-6-3-8(14)4-9-11(6)17-13(18-12(9)15)10-5-16-7(2)19-10/h3-5H,1-2H3. The average Bonchev–Trinajstić information content (AvgIpc) is 2.77. The minimum atomic E-state index is 0.468.